The van der Waals surface area contributed by atoms with E-state index in [1.54, 1.807) is 12.3 Å². The molecule has 0 atom stereocenters. The topological polar surface area (TPSA) is 57.7 Å². The van der Waals surface area contributed by atoms with Gasteiger partial charge in [0.15, 0.2) is 0 Å². The van der Waals surface area contributed by atoms with Crippen LogP contribution < -0.4 is 9.47 Å². The summed E-state index contributed by atoms with van der Waals surface area (Å²) < 4.78 is 31.0. The molecule has 3 aromatic rings. The number of carbonyl (C=O) groups excluding carboxylic acids is 1. The average Bonchev–Trinajstić information content (AvgIpc) is 3.76. The Bertz CT molecular complexity index is 1150. The maximum atomic E-state index is 14.5. The van der Waals surface area contributed by atoms with E-state index in [-0.39, 0.29) is 12.2 Å². The van der Waals surface area contributed by atoms with Crippen LogP contribution in [0.15, 0.2) is 54.7 Å². The molecule has 0 N–H and O–H groups in total. The molecular weight excluding hydrogens is 421 g/mol. The van der Waals surface area contributed by atoms with Crippen LogP contribution in [0, 0.1) is 11.7 Å². The number of hydrogen-bond acceptors (Lipinski definition) is 5. The fourth-order valence-electron chi connectivity index (χ4n) is 3.85. The first-order valence-corrected chi connectivity index (χ1v) is 11.3. The molecule has 6 heteroatoms. The van der Waals surface area contributed by atoms with Crippen molar-refractivity contribution in [3.63, 3.8) is 0 Å². The number of hydrogen-bond donors (Lipinski definition) is 0. The summed E-state index contributed by atoms with van der Waals surface area (Å²) in [6.45, 7) is 0.958. The highest BCUT2D eigenvalue weighted by atomic mass is 19.1. The van der Waals surface area contributed by atoms with E-state index < -0.39 is 11.8 Å². The number of benzene rings is 2. The van der Waals surface area contributed by atoms with Crippen molar-refractivity contribution < 1.29 is 23.4 Å². The van der Waals surface area contributed by atoms with Gasteiger partial charge in [-0.05, 0) is 84.5 Å². The van der Waals surface area contributed by atoms with Crippen LogP contribution in [0.1, 0.15) is 53.1 Å². The number of esters is 1. The summed E-state index contributed by atoms with van der Waals surface area (Å²) in [5, 5.41) is 0. The Morgan fingerprint density at radius 3 is 2.58 bits per heavy atom. The SMILES string of the molecule is COC(=O)c1cc(C2CC2)c(COc2cccc(-c3ccc(OCC4CC4)nc3)c2)cc1F. The van der Waals surface area contributed by atoms with E-state index in [0.29, 0.717) is 23.5 Å². The summed E-state index contributed by atoms with van der Waals surface area (Å²) in [5.74, 6) is 1.10. The zero-order valence-corrected chi connectivity index (χ0v) is 18.6. The molecule has 2 aliphatic carbocycles. The molecule has 2 fully saturated rings. The van der Waals surface area contributed by atoms with E-state index in [2.05, 4.69) is 4.98 Å². The molecule has 0 saturated heterocycles. The Labute approximate surface area is 192 Å². The van der Waals surface area contributed by atoms with E-state index in [1.165, 1.54) is 26.0 Å². The van der Waals surface area contributed by atoms with Crippen molar-refractivity contribution in [1.29, 1.82) is 0 Å². The fourth-order valence-corrected chi connectivity index (χ4v) is 3.85. The molecule has 0 unspecified atom stereocenters. The van der Waals surface area contributed by atoms with Crippen LogP contribution in [0.25, 0.3) is 11.1 Å². The Balaban J connectivity index is 1.29. The Morgan fingerprint density at radius 1 is 1.03 bits per heavy atom. The minimum absolute atomic E-state index is 0.0257. The number of carbonyl (C=O) groups is 1. The molecule has 1 aromatic heterocycles. The Morgan fingerprint density at radius 2 is 1.88 bits per heavy atom. The molecule has 2 aliphatic rings. The number of rotatable bonds is 9. The van der Waals surface area contributed by atoms with Crippen molar-refractivity contribution in [2.45, 2.75) is 38.2 Å². The number of halogens is 1. The fraction of sp³-hybridized carbons (Fsp3) is 0.333. The summed E-state index contributed by atoms with van der Waals surface area (Å²) in [4.78, 5) is 16.3. The molecule has 5 rings (SSSR count). The number of nitrogens with zero attached hydrogens (tertiary/aromatic N) is 1. The second-order valence-electron chi connectivity index (χ2n) is 8.75. The first-order chi connectivity index (χ1) is 16.1. The van der Waals surface area contributed by atoms with Gasteiger partial charge >= 0.3 is 5.97 Å². The highest BCUT2D eigenvalue weighted by Gasteiger charge is 2.29. The van der Waals surface area contributed by atoms with Crippen molar-refractivity contribution >= 4 is 5.97 Å². The lowest BCUT2D eigenvalue weighted by Crippen LogP contribution is -2.08. The van der Waals surface area contributed by atoms with Crippen molar-refractivity contribution in [3.8, 4) is 22.8 Å². The lowest BCUT2D eigenvalue weighted by atomic mass is 10.00. The molecule has 0 bridgehead atoms. The van der Waals surface area contributed by atoms with E-state index in [9.17, 15) is 9.18 Å². The van der Waals surface area contributed by atoms with Gasteiger partial charge in [-0.2, -0.15) is 0 Å². The third-order valence-electron chi connectivity index (χ3n) is 6.11. The maximum absolute atomic E-state index is 14.5. The predicted octanol–water partition coefficient (Wildman–Crippen LogP) is 5.92. The molecule has 0 amide bonds. The molecule has 170 valence electrons. The first kappa shape index (κ1) is 21.4. The van der Waals surface area contributed by atoms with E-state index in [0.717, 1.165) is 41.7 Å². The molecule has 0 aliphatic heterocycles. The van der Waals surface area contributed by atoms with Crippen LogP contribution in [-0.2, 0) is 11.3 Å². The molecule has 2 aromatic carbocycles. The van der Waals surface area contributed by atoms with Crippen molar-refractivity contribution in [1.82, 2.24) is 4.98 Å². The largest absolute Gasteiger partial charge is 0.489 e. The molecule has 33 heavy (non-hydrogen) atoms. The van der Waals surface area contributed by atoms with Gasteiger partial charge in [0.25, 0.3) is 0 Å². The van der Waals surface area contributed by atoms with Gasteiger partial charge in [0.05, 0.1) is 19.3 Å². The molecule has 2 saturated carbocycles. The van der Waals surface area contributed by atoms with Crippen molar-refractivity contribution in [2.75, 3.05) is 13.7 Å². The van der Waals surface area contributed by atoms with Crippen LogP contribution in [0.2, 0.25) is 0 Å². The predicted molar refractivity (Wildman–Crippen MR) is 122 cm³/mol. The van der Waals surface area contributed by atoms with Gasteiger partial charge in [0.1, 0.15) is 18.2 Å². The van der Waals surface area contributed by atoms with E-state index in [4.69, 9.17) is 14.2 Å². The van der Waals surface area contributed by atoms with Crippen LogP contribution in [0.4, 0.5) is 4.39 Å². The second-order valence-corrected chi connectivity index (χ2v) is 8.75. The Kier molecular flexibility index (Phi) is 5.99. The van der Waals surface area contributed by atoms with E-state index in [1.807, 2.05) is 36.4 Å². The summed E-state index contributed by atoms with van der Waals surface area (Å²) >= 11 is 0. The minimum atomic E-state index is -0.660. The first-order valence-electron chi connectivity index (χ1n) is 11.3. The third-order valence-corrected chi connectivity index (χ3v) is 6.11. The highest BCUT2D eigenvalue weighted by molar-refractivity contribution is 5.90. The minimum Gasteiger partial charge on any atom is -0.489 e. The lowest BCUT2D eigenvalue weighted by Gasteiger charge is -2.14. The number of ether oxygens (including phenoxy) is 3. The summed E-state index contributed by atoms with van der Waals surface area (Å²) in [6, 6.07) is 14.6. The molecule has 5 nitrogen and oxygen atoms in total. The smallest absolute Gasteiger partial charge is 0.340 e. The molecule has 1 heterocycles. The highest BCUT2D eigenvalue weighted by Crippen LogP contribution is 2.42. The summed E-state index contributed by atoms with van der Waals surface area (Å²) in [7, 11) is 1.26. The third kappa shape index (κ3) is 5.16. The van der Waals surface area contributed by atoms with Crippen LogP contribution in [0.3, 0.4) is 0 Å². The standard InChI is InChI=1S/C27H26FNO4/c1-31-27(30)24-13-23(18-7-8-18)21(12-25(24)28)16-32-22-4-2-3-19(11-22)20-9-10-26(29-14-20)33-15-17-5-6-17/h2-4,9-14,17-18H,5-8,15-16H2,1H3. The van der Waals surface area contributed by atoms with Gasteiger partial charge in [0, 0.05) is 17.8 Å². The van der Waals surface area contributed by atoms with Crippen LogP contribution >= 0.6 is 0 Å². The molecule has 0 spiro atoms. The number of methoxy groups -OCH3 is 1. The quantitative estimate of drug-likeness (QED) is 0.381. The Hall–Kier alpha value is -3.41. The van der Waals surface area contributed by atoms with Gasteiger partial charge < -0.3 is 14.2 Å². The molecular formula is C27H26FNO4. The molecule has 0 radical (unpaired) electrons. The van der Waals surface area contributed by atoms with Gasteiger partial charge in [-0.3, -0.25) is 0 Å². The monoisotopic (exact) mass is 447 g/mol. The van der Waals surface area contributed by atoms with Crippen LogP contribution in [0.5, 0.6) is 11.6 Å². The van der Waals surface area contributed by atoms with E-state index >= 15 is 0 Å². The van der Waals surface area contributed by atoms with Gasteiger partial charge in [0.2, 0.25) is 5.88 Å². The zero-order valence-electron chi connectivity index (χ0n) is 18.6. The van der Waals surface area contributed by atoms with Gasteiger partial charge in [-0.25, -0.2) is 14.2 Å². The summed E-state index contributed by atoms with van der Waals surface area (Å²) in [6.07, 6.45) is 6.35. The van der Waals surface area contributed by atoms with Crippen molar-refractivity contribution in [3.05, 3.63) is 77.2 Å². The number of aromatic nitrogens is 1. The summed E-state index contributed by atoms with van der Waals surface area (Å²) in [5.41, 5.74) is 3.63. The maximum Gasteiger partial charge on any atom is 0.340 e. The van der Waals surface area contributed by atoms with Gasteiger partial charge in [-0.15, -0.1) is 0 Å². The van der Waals surface area contributed by atoms with Crippen LogP contribution in [-0.4, -0.2) is 24.7 Å². The van der Waals surface area contributed by atoms with Crippen molar-refractivity contribution in [2.24, 2.45) is 5.92 Å². The van der Waals surface area contributed by atoms with Gasteiger partial charge in [-0.1, -0.05) is 12.1 Å². The zero-order chi connectivity index (χ0) is 22.8. The lowest BCUT2D eigenvalue weighted by molar-refractivity contribution is 0.0595. The normalized spacial score (nSPS) is 15.2. The number of pyridine rings is 1. The average molecular weight is 448 g/mol. The second kappa shape index (κ2) is 9.22.